The highest BCUT2D eigenvalue weighted by Crippen LogP contribution is 2.20. The summed E-state index contributed by atoms with van der Waals surface area (Å²) in [5.41, 5.74) is 7.11. The minimum absolute atomic E-state index is 0.149. The fourth-order valence-electron chi connectivity index (χ4n) is 2.41. The number of nitrogens with zero attached hydrogens (tertiary/aromatic N) is 1. The van der Waals surface area contributed by atoms with E-state index in [4.69, 9.17) is 5.73 Å². The van der Waals surface area contributed by atoms with Gasteiger partial charge in [-0.3, -0.25) is 9.59 Å². The summed E-state index contributed by atoms with van der Waals surface area (Å²) in [7, 11) is 2.08. The Hall–Kier alpha value is -2.34. The molecular weight excluding hydrogens is 280 g/mol. The third kappa shape index (κ3) is 4.08. The van der Waals surface area contributed by atoms with Gasteiger partial charge in [-0.15, -0.1) is 0 Å². The summed E-state index contributed by atoms with van der Waals surface area (Å²) in [6, 6.07) is 5.04. The van der Waals surface area contributed by atoms with E-state index in [9.17, 15) is 9.59 Å². The minimum atomic E-state index is -0.362. The van der Waals surface area contributed by atoms with Crippen LogP contribution in [-0.4, -0.2) is 42.9 Å². The van der Waals surface area contributed by atoms with Crippen molar-refractivity contribution in [1.82, 2.24) is 10.2 Å². The quantitative estimate of drug-likeness (QED) is 0.576. The van der Waals surface area contributed by atoms with Gasteiger partial charge >= 0.3 is 0 Å². The zero-order chi connectivity index (χ0) is 16.1. The summed E-state index contributed by atoms with van der Waals surface area (Å²) in [4.78, 5) is 25.9. The van der Waals surface area contributed by atoms with Crippen LogP contribution in [0.1, 0.15) is 23.2 Å². The van der Waals surface area contributed by atoms with Gasteiger partial charge in [0.1, 0.15) is 0 Å². The fourth-order valence-corrected chi connectivity index (χ4v) is 2.41. The number of benzene rings is 1. The van der Waals surface area contributed by atoms with Crippen molar-refractivity contribution in [3.63, 3.8) is 0 Å². The molecule has 6 nitrogen and oxygen atoms in total. The minimum Gasteiger partial charge on any atom is -0.397 e. The van der Waals surface area contributed by atoms with E-state index in [0.29, 0.717) is 16.9 Å². The molecule has 6 heteroatoms. The third-order valence-electron chi connectivity index (χ3n) is 3.81. The molecule has 0 unspecified atom stereocenters. The predicted octanol–water partition coefficient (Wildman–Crippen LogP) is 1.22. The first-order valence-electron chi connectivity index (χ1n) is 7.32. The molecule has 2 amide bonds. The molecule has 0 bridgehead atoms. The van der Waals surface area contributed by atoms with E-state index in [2.05, 4.69) is 29.2 Å². The molecule has 118 valence electrons. The molecule has 4 N–H and O–H groups in total. The van der Waals surface area contributed by atoms with Gasteiger partial charge in [0, 0.05) is 11.6 Å². The zero-order valence-corrected chi connectivity index (χ0v) is 12.8. The van der Waals surface area contributed by atoms with Gasteiger partial charge in [0.15, 0.2) is 0 Å². The van der Waals surface area contributed by atoms with Gasteiger partial charge in [0.2, 0.25) is 5.91 Å². The van der Waals surface area contributed by atoms with Crippen molar-refractivity contribution in [2.45, 2.75) is 18.9 Å². The number of nitrogen functional groups attached to an aromatic ring is 1. The highest BCUT2D eigenvalue weighted by atomic mass is 16.2. The summed E-state index contributed by atoms with van der Waals surface area (Å²) in [6.07, 6.45) is 3.04. The molecule has 1 aliphatic heterocycles. The molecule has 0 atom stereocenters. The van der Waals surface area contributed by atoms with Crippen LogP contribution in [0.4, 0.5) is 11.4 Å². The van der Waals surface area contributed by atoms with Crippen LogP contribution in [-0.2, 0) is 4.79 Å². The van der Waals surface area contributed by atoms with E-state index >= 15 is 0 Å². The lowest BCUT2D eigenvalue weighted by molar-refractivity contribution is -0.111. The second-order valence-corrected chi connectivity index (χ2v) is 5.55. The van der Waals surface area contributed by atoms with Gasteiger partial charge in [-0.1, -0.05) is 6.58 Å². The van der Waals surface area contributed by atoms with Crippen LogP contribution in [0.25, 0.3) is 0 Å². The maximum atomic E-state index is 12.3. The maximum absolute atomic E-state index is 12.3. The number of amides is 2. The summed E-state index contributed by atoms with van der Waals surface area (Å²) in [5, 5.41) is 5.63. The highest BCUT2D eigenvalue weighted by molar-refractivity contribution is 6.03. The molecule has 1 aromatic carbocycles. The molecule has 1 heterocycles. The van der Waals surface area contributed by atoms with Gasteiger partial charge in [-0.2, -0.15) is 0 Å². The summed E-state index contributed by atoms with van der Waals surface area (Å²) >= 11 is 0. The van der Waals surface area contributed by atoms with Crippen LogP contribution < -0.4 is 16.4 Å². The Balaban J connectivity index is 2.04. The smallest absolute Gasteiger partial charge is 0.251 e. The molecule has 0 spiro atoms. The van der Waals surface area contributed by atoms with Gasteiger partial charge in [-0.25, -0.2) is 0 Å². The van der Waals surface area contributed by atoms with Crippen LogP contribution in [0.15, 0.2) is 30.9 Å². The Bertz CT molecular complexity index is 578. The summed E-state index contributed by atoms with van der Waals surface area (Å²) in [6.45, 7) is 5.35. The Morgan fingerprint density at radius 1 is 1.36 bits per heavy atom. The first-order valence-corrected chi connectivity index (χ1v) is 7.32. The molecule has 1 saturated heterocycles. The largest absolute Gasteiger partial charge is 0.397 e. The predicted molar refractivity (Wildman–Crippen MR) is 87.7 cm³/mol. The van der Waals surface area contributed by atoms with Crippen LogP contribution >= 0.6 is 0 Å². The number of rotatable bonds is 4. The topological polar surface area (TPSA) is 87.5 Å². The Morgan fingerprint density at radius 3 is 2.68 bits per heavy atom. The Kier molecular flexibility index (Phi) is 5.16. The second-order valence-electron chi connectivity index (χ2n) is 5.55. The molecule has 0 aliphatic carbocycles. The van der Waals surface area contributed by atoms with Crippen LogP contribution in [0, 0.1) is 0 Å². The molecule has 0 saturated carbocycles. The summed E-state index contributed by atoms with van der Waals surface area (Å²) < 4.78 is 0. The Morgan fingerprint density at radius 2 is 2.05 bits per heavy atom. The Labute approximate surface area is 130 Å². The summed E-state index contributed by atoms with van der Waals surface area (Å²) in [5.74, 6) is -0.511. The van der Waals surface area contributed by atoms with Crippen molar-refractivity contribution >= 4 is 23.2 Å². The molecule has 1 aliphatic rings. The van der Waals surface area contributed by atoms with Crippen molar-refractivity contribution in [2.75, 3.05) is 31.2 Å². The van der Waals surface area contributed by atoms with E-state index in [1.54, 1.807) is 18.2 Å². The molecule has 0 radical (unpaired) electrons. The SMILES string of the molecule is C=CC(=O)Nc1cc(C(=O)NC2CCN(C)CC2)ccc1N. The van der Waals surface area contributed by atoms with Gasteiger partial charge < -0.3 is 21.3 Å². The maximum Gasteiger partial charge on any atom is 0.251 e. The zero-order valence-electron chi connectivity index (χ0n) is 12.8. The van der Waals surface area contributed by atoms with Crippen LogP contribution in [0.5, 0.6) is 0 Å². The van der Waals surface area contributed by atoms with Crippen molar-refractivity contribution in [2.24, 2.45) is 0 Å². The van der Waals surface area contributed by atoms with E-state index < -0.39 is 0 Å². The molecule has 2 rings (SSSR count). The monoisotopic (exact) mass is 302 g/mol. The molecule has 1 fully saturated rings. The average molecular weight is 302 g/mol. The van der Waals surface area contributed by atoms with Gasteiger partial charge in [0.05, 0.1) is 11.4 Å². The van der Waals surface area contributed by atoms with E-state index in [0.717, 1.165) is 32.0 Å². The van der Waals surface area contributed by atoms with Crippen molar-refractivity contribution < 1.29 is 9.59 Å². The van der Waals surface area contributed by atoms with Crippen molar-refractivity contribution in [1.29, 1.82) is 0 Å². The lowest BCUT2D eigenvalue weighted by Crippen LogP contribution is -2.43. The number of nitrogens with two attached hydrogens (primary N) is 1. The fraction of sp³-hybridized carbons (Fsp3) is 0.375. The van der Waals surface area contributed by atoms with E-state index in [1.807, 2.05) is 0 Å². The van der Waals surface area contributed by atoms with E-state index in [-0.39, 0.29) is 17.9 Å². The molecule has 0 aromatic heterocycles. The first kappa shape index (κ1) is 16.0. The second kappa shape index (κ2) is 7.09. The van der Waals surface area contributed by atoms with Crippen molar-refractivity contribution in [3.8, 4) is 0 Å². The standard InChI is InChI=1S/C16H22N4O2/c1-3-15(21)19-14-10-11(4-5-13(14)17)16(22)18-12-6-8-20(2)9-7-12/h3-5,10,12H,1,6-9,17H2,2H3,(H,18,22)(H,19,21). The number of hydrogen-bond donors (Lipinski definition) is 3. The average Bonchev–Trinajstić information content (AvgIpc) is 2.51. The number of anilines is 2. The lowest BCUT2D eigenvalue weighted by atomic mass is 10.0. The van der Waals surface area contributed by atoms with Crippen LogP contribution in [0.2, 0.25) is 0 Å². The highest BCUT2D eigenvalue weighted by Gasteiger charge is 2.19. The normalized spacial score (nSPS) is 16.0. The number of carbonyl (C=O) groups is 2. The van der Waals surface area contributed by atoms with E-state index in [1.165, 1.54) is 0 Å². The molecular formula is C16H22N4O2. The number of piperidine rings is 1. The first-order chi connectivity index (χ1) is 10.5. The van der Waals surface area contributed by atoms with Crippen molar-refractivity contribution in [3.05, 3.63) is 36.4 Å². The third-order valence-corrected chi connectivity index (χ3v) is 3.81. The number of nitrogens with one attached hydrogen (secondary N) is 2. The number of carbonyl (C=O) groups excluding carboxylic acids is 2. The number of hydrogen-bond acceptors (Lipinski definition) is 4. The van der Waals surface area contributed by atoms with Gasteiger partial charge in [-0.05, 0) is 57.3 Å². The molecule has 22 heavy (non-hydrogen) atoms. The number of likely N-dealkylation sites (tertiary alicyclic amines) is 1. The van der Waals surface area contributed by atoms with Gasteiger partial charge in [0.25, 0.3) is 5.91 Å². The van der Waals surface area contributed by atoms with Crippen LogP contribution in [0.3, 0.4) is 0 Å². The lowest BCUT2D eigenvalue weighted by Gasteiger charge is -2.29. The molecule has 1 aromatic rings.